The fourth-order valence-corrected chi connectivity index (χ4v) is 1.91. The van der Waals surface area contributed by atoms with Gasteiger partial charge in [-0.15, -0.1) is 11.6 Å². The summed E-state index contributed by atoms with van der Waals surface area (Å²) in [5, 5.41) is 2.65. The Bertz CT molecular complexity index is 460. The zero-order chi connectivity index (χ0) is 14.3. The van der Waals surface area contributed by atoms with Crippen LogP contribution in [0, 0.1) is 0 Å². The number of carbonyl (C=O) groups excluding carboxylic acids is 2. The second-order valence-electron chi connectivity index (χ2n) is 4.17. The molecule has 0 spiro atoms. The molecule has 0 fully saturated rings. The largest absolute Gasteiger partial charge is 0.496 e. The minimum atomic E-state index is -0.175. The molecule has 0 aliphatic heterocycles. The molecule has 1 N–H and O–H groups in total. The molecule has 0 atom stereocenters. The van der Waals surface area contributed by atoms with E-state index in [-0.39, 0.29) is 11.7 Å². The van der Waals surface area contributed by atoms with Gasteiger partial charge in [-0.3, -0.25) is 9.59 Å². The van der Waals surface area contributed by atoms with Gasteiger partial charge in [0.2, 0.25) is 5.91 Å². The Kier molecular flexibility index (Phi) is 6.36. The molecule has 104 valence electrons. The van der Waals surface area contributed by atoms with Gasteiger partial charge in [0.05, 0.1) is 12.7 Å². The highest BCUT2D eigenvalue weighted by molar-refractivity contribution is 6.17. The van der Waals surface area contributed by atoms with E-state index in [1.165, 1.54) is 14.0 Å². The molecule has 0 saturated heterocycles. The van der Waals surface area contributed by atoms with Crippen molar-refractivity contribution in [1.29, 1.82) is 0 Å². The highest BCUT2D eigenvalue weighted by atomic mass is 35.5. The summed E-state index contributed by atoms with van der Waals surface area (Å²) < 4.78 is 5.17. The first-order valence-corrected chi connectivity index (χ1v) is 6.66. The first-order chi connectivity index (χ1) is 9.08. The molecule has 0 bridgehead atoms. The van der Waals surface area contributed by atoms with Crippen LogP contribution in [0.1, 0.15) is 36.5 Å². The molecule has 4 nitrogen and oxygen atoms in total. The van der Waals surface area contributed by atoms with Crippen LogP contribution < -0.4 is 10.1 Å². The van der Waals surface area contributed by atoms with Gasteiger partial charge in [-0.25, -0.2) is 0 Å². The van der Waals surface area contributed by atoms with Crippen molar-refractivity contribution in [3.05, 3.63) is 23.8 Å². The Balaban J connectivity index is 2.88. The van der Waals surface area contributed by atoms with Gasteiger partial charge in [0.15, 0.2) is 5.78 Å². The molecule has 1 amide bonds. The number of alkyl halides is 1. The van der Waals surface area contributed by atoms with Gasteiger partial charge >= 0.3 is 0 Å². The number of halogens is 1. The Morgan fingerprint density at radius 1 is 1.32 bits per heavy atom. The van der Waals surface area contributed by atoms with Crippen molar-refractivity contribution in [3.63, 3.8) is 0 Å². The van der Waals surface area contributed by atoms with Crippen LogP contribution in [-0.4, -0.2) is 24.7 Å². The third kappa shape index (κ3) is 4.91. The predicted octanol–water partition coefficient (Wildman–Crippen LogP) is 3.25. The number of unbranched alkanes of at least 4 members (excludes halogenated alkanes) is 1. The summed E-state index contributed by atoms with van der Waals surface area (Å²) in [5.41, 5.74) is 1.08. The maximum atomic E-state index is 12.1. The lowest BCUT2D eigenvalue weighted by Gasteiger charge is -2.10. The van der Waals surface area contributed by atoms with E-state index in [1.807, 2.05) is 0 Å². The molecule has 0 unspecified atom stereocenters. The second kappa shape index (κ2) is 7.79. The minimum Gasteiger partial charge on any atom is -0.496 e. The van der Waals surface area contributed by atoms with Crippen LogP contribution in [0.4, 0.5) is 5.69 Å². The number of methoxy groups -OCH3 is 1. The third-order valence-electron chi connectivity index (χ3n) is 2.61. The predicted molar refractivity (Wildman–Crippen MR) is 76.2 cm³/mol. The van der Waals surface area contributed by atoms with Crippen molar-refractivity contribution in [2.45, 2.75) is 26.2 Å². The van der Waals surface area contributed by atoms with E-state index in [4.69, 9.17) is 16.3 Å². The number of Topliss-reactive ketones (excluding diaryl/α,β-unsaturated/α-hetero) is 1. The lowest BCUT2D eigenvalue weighted by atomic mass is 10.0. The number of ether oxygens (including phenoxy) is 1. The van der Waals surface area contributed by atoms with Gasteiger partial charge in [-0.1, -0.05) is 0 Å². The second-order valence-corrected chi connectivity index (χ2v) is 4.54. The molecule has 0 aliphatic rings. The van der Waals surface area contributed by atoms with E-state index < -0.39 is 0 Å². The van der Waals surface area contributed by atoms with Crippen LogP contribution in [-0.2, 0) is 4.79 Å². The summed E-state index contributed by atoms with van der Waals surface area (Å²) in [7, 11) is 1.52. The molecular weight excluding hydrogens is 266 g/mol. The van der Waals surface area contributed by atoms with Gasteiger partial charge in [-0.2, -0.15) is 0 Å². The van der Waals surface area contributed by atoms with E-state index in [1.54, 1.807) is 18.2 Å². The fraction of sp³-hybridized carbons (Fsp3) is 0.429. The maximum Gasteiger partial charge on any atom is 0.221 e. The first kappa shape index (κ1) is 15.5. The van der Waals surface area contributed by atoms with E-state index in [0.29, 0.717) is 29.3 Å². The van der Waals surface area contributed by atoms with Gasteiger partial charge in [0, 0.05) is 24.9 Å². The zero-order valence-electron chi connectivity index (χ0n) is 11.2. The van der Waals surface area contributed by atoms with Crippen LogP contribution in [0.25, 0.3) is 0 Å². The number of benzene rings is 1. The topological polar surface area (TPSA) is 55.4 Å². The number of amides is 1. The molecule has 1 aromatic rings. The van der Waals surface area contributed by atoms with Crippen molar-refractivity contribution < 1.29 is 14.3 Å². The molecule has 0 radical (unpaired) electrons. The standard InChI is InChI=1S/C14H18ClNO3/c1-10(17)16-11-6-7-14(19-2)12(9-11)13(18)5-3-4-8-15/h6-7,9H,3-5,8H2,1-2H3,(H,16,17). The molecule has 0 aliphatic carbocycles. The van der Waals surface area contributed by atoms with Gasteiger partial charge in [0.25, 0.3) is 0 Å². The summed E-state index contributed by atoms with van der Waals surface area (Å²) in [5.74, 6) is 0.890. The number of anilines is 1. The molecule has 0 aromatic heterocycles. The lowest BCUT2D eigenvalue weighted by Crippen LogP contribution is -2.08. The molecule has 5 heteroatoms. The summed E-state index contributed by atoms with van der Waals surface area (Å²) in [6.45, 7) is 1.42. The average Bonchev–Trinajstić information content (AvgIpc) is 2.38. The van der Waals surface area contributed by atoms with Crippen molar-refractivity contribution in [2.24, 2.45) is 0 Å². The molecule has 1 rings (SSSR count). The van der Waals surface area contributed by atoms with Crippen molar-refractivity contribution in [1.82, 2.24) is 0 Å². The number of rotatable bonds is 7. The highest BCUT2D eigenvalue weighted by Gasteiger charge is 2.13. The molecule has 0 heterocycles. The van der Waals surface area contributed by atoms with Crippen LogP contribution >= 0.6 is 11.6 Å². The van der Waals surface area contributed by atoms with Crippen LogP contribution in [0.5, 0.6) is 5.75 Å². The van der Waals surface area contributed by atoms with E-state index >= 15 is 0 Å². The summed E-state index contributed by atoms with van der Waals surface area (Å²) >= 11 is 5.59. The van der Waals surface area contributed by atoms with Gasteiger partial charge in [0.1, 0.15) is 5.75 Å². The van der Waals surface area contributed by atoms with Crippen molar-refractivity contribution in [3.8, 4) is 5.75 Å². The fourth-order valence-electron chi connectivity index (χ4n) is 1.72. The maximum absolute atomic E-state index is 12.1. The van der Waals surface area contributed by atoms with E-state index in [9.17, 15) is 9.59 Å². The van der Waals surface area contributed by atoms with Crippen molar-refractivity contribution in [2.75, 3.05) is 18.3 Å². The minimum absolute atomic E-state index is 0.00540. The monoisotopic (exact) mass is 283 g/mol. The Labute approximate surface area is 118 Å². The van der Waals surface area contributed by atoms with Crippen LogP contribution in [0.2, 0.25) is 0 Å². The third-order valence-corrected chi connectivity index (χ3v) is 2.87. The van der Waals surface area contributed by atoms with Crippen molar-refractivity contribution >= 4 is 29.0 Å². The Morgan fingerprint density at radius 3 is 2.63 bits per heavy atom. The normalized spacial score (nSPS) is 10.1. The van der Waals surface area contributed by atoms with Gasteiger partial charge < -0.3 is 10.1 Å². The quantitative estimate of drug-likeness (QED) is 0.475. The number of nitrogens with one attached hydrogen (secondary N) is 1. The zero-order valence-corrected chi connectivity index (χ0v) is 11.9. The molecule has 19 heavy (non-hydrogen) atoms. The average molecular weight is 284 g/mol. The summed E-state index contributed by atoms with van der Waals surface area (Å²) in [6, 6.07) is 5.03. The van der Waals surface area contributed by atoms with Crippen LogP contribution in [0.3, 0.4) is 0 Å². The Morgan fingerprint density at radius 2 is 2.05 bits per heavy atom. The summed E-state index contributed by atoms with van der Waals surface area (Å²) in [4.78, 5) is 23.1. The van der Waals surface area contributed by atoms with Gasteiger partial charge in [-0.05, 0) is 31.0 Å². The molecule has 0 saturated carbocycles. The van der Waals surface area contributed by atoms with E-state index in [0.717, 1.165) is 12.8 Å². The smallest absolute Gasteiger partial charge is 0.221 e. The molecule has 1 aromatic carbocycles. The lowest BCUT2D eigenvalue weighted by molar-refractivity contribution is -0.114. The number of hydrogen-bond donors (Lipinski definition) is 1. The number of hydrogen-bond acceptors (Lipinski definition) is 3. The Hall–Kier alpha value is -1.55. The summed E-state index contributed by atoms with van der Waals surface area (Å²) in [6.07, 6.45) is 1.98. The van der Waals surface area contributed by atoms with E-state index in [2.05, 4.69) is 5.32 Å². The van der Waals surface area contributed by atoms with Crippen LogP contribution in [0.15, 0.2) is 18.2 Å². The number of ketones is 1. The number of carbonyl (C=O) groups is 2. The first-order valence-electron chi connectivity index (χ1n) is 6.13. The molecular formula is C14H18ClNO3. The SMILES string of the molecule is COc1ccc(NC(C)=O)cc1C(=O)CCCCCl. The highest BCUT2D eigenvalue weighted by Crippen LogP contribution is 2.24.